The molecule has 0 saturated heterocycles. The fourth-order valence-electron chi connectivity index (χ4n) is 3.33. The number of methoxy groups -OCH3 is 1. The normalized spacial score (nSPS) is 19.0. The molecule has 9 nitrogen and oxygen atoms in total. The monoisotopic (exact) mass is 406 g/mol. The van der Waals surface area contributed by atoms with Gasteiger partial charge >= 0.3 is 0 Å². The molecule has 0 bridgehead atoms. The van der Waals surface area contributed by atoms with Gasteiger partial charge in [0.15, 0.2) is 0 Å². The summed E-state index contributed by atoms with van der Waals surface area (Å²) in [5, 5.41) is 10.1. The molecule has 2 N–H and O–H groups in total. The summed E-state index contributed by atoms with van der Waals surface area (Å²) in [5.41, 5.74) is 0.690. The fourth-order valence-corrected chi connectivity index (χ4v) is 3.33. The molecule has 0 atom stereocenters. The number of halogens is 1. The van der Waals surface area contributed by atoms with Crippen LogP contribution in [0, 0.1) is 11.7 Å². The first-order valence-corrected chi connectivity index (χ1v) is 9.74. The highest BCUT2D eigenvalue weighted by Crippen LogP contribution is 2.26. The summed E-state index contributed by atoms with van der Waals surface area (Å²) in [6, 6.07) is 0.222. The van der Waals surface area contributed by atoms with Crippen LogP contribution in [-0.2, 0) is 16.1 Å². The van der Waals surface area contributed by atoms with Crippen LogP contribution in [0.15, 0.2) is 18.6 Å². The van der Waals surface area contributed by atoms with Gasteiger partial charge in [0.2, 0.25) is 17.7 Å². The molecule has 0 spiro atoms. The summed E-state index contributed by atoms with van der Waals surface area (Å²) in [7, 11) is 1.63. The maximum absolute atomic E-state index is 14.1. The molecule has 2 aromatic rings. The van der Waals surface area contributed by atoms with Crippen LogP contribution in [-0.4, -0.2) is 52.0 Å². The lowest BCUT2D eigenvalue weighted by molar-refractivity contribution is -0.119. The summed E-state index contributed by atoms with van der Waals surface area (Å²) < 4.78 is 26.4. The predicted octanol–water partition coefficient (Wildman–Crippen LogP) is 2.28. The predicted molar refractivity (Wildman–Crippen MR) is 104 cm³/mol. The van der Waals surface area contributed by atoms with Crippen molar-refractivity contribution in [2.45, 2.75) is 45.2 Å². The molecule has 1 amide bonds. The van der Waals surface area contributed by atoms with Crippen LogP contribution in [0.3, 0.4) is 0 Å². The molecule has 0 unspecified atom stereocenters. The number of amides is 1. The van der Waals surface area contributed by atoms with E-state index in [0.717, 1.165) is 31.9 Å². The molecule has 29 heavy (non-hydrogen) atoms. The molecule has 158 valence electrons. The van der Waals surface area contributed by atoms with Crippen molar-refractivity contribution in [1.29, 1.82) is 0 Å². The first kappa shape index (κ1) is 21.0. The minimum Gasteiger partial charge on any atom is -0.475 e. The number of hydrogen-bond donors (Lipinski definition) is 2. The third-order valence-corrected chi connectivity index (χ3v) is 4.84. The van der Waals surface area contributed by atoms with E-state index in [1.165, 1.54) is 6.92 Å². The number of carbonyl (C=O) groups is 1. The quantitative estimate of drug-likeness (QED) is 0.658. The van der Waals surface area contributed by atoms with E-state index >= 15 is 0 Å². The van der Waals surface area contributed by atoms with Gasteiger partial charge in [-0.15, -0.1) is 0 Å². The lowest BCUT2D eigenvalue weighted by Gasteiger charge is -2.28. The van der Waals surface area contributed by atoms with Crippen LogP contribution in [0.2, 0.25) is 0 Å². The molecular formula is C19H27FN6O3. The number of nitrogens with one attached hydrogen (secondary N) is 2. The van der Waals surface area contributed by atoms with E-state index in [0.29, 0.717) is 31.4 Å². The minimum atomic E-state index is -0.599. The first-order chi connectivity index (χ1) is 14.0. The van der Waals surface area contributed by atoms with Crippen molar-refractivity contribution in [1.82, 2.24) is 25.1 Å². The van der Waals surface area contributed by atoms with Gasteiger partial charge in [0.1, 0.15) is 0 Å². The van der Waals surface area contributed by atoms with Crippen molar-refractivity contribution in [2.24, 2.45) is 5.92 Å². The Balaban J connectivity index is 1.51. The Morgan fingerprint density at radius 2 is 2.10 bits per heavy atom. The molecule has 1 fully saturated rings. The third-order valence-electron chi connectivity index (χ3n) is 4.84. The molecule has 2 aromatic heterocycles. The molecule has 10 heteroatoms. The van der Waals surface area contributed by atoms with Gasteiger partial charge in [0, 0.05) is 26.3 Å². The number of anilines is 2. The maximum Gasteiger partial charge on any atom is 0.255 e. The van der Waals surface area contributed by atoms with E-state index in [4.69, 9.17) is 9.47 Å². The van der Waals surface area contributed by atoms with E-state index < -0.39 is 5.82 Å². The Kier molecular flexibility index (Phi) is 7.34. The number of nitrogens with zero attached hydrogens (tertiary/aromatic N) is 4. The maximum atomic E-state index is 14.1. The lowest BCUT2D eigenvalue weighted by atomic mass is 9.86. The van der Waals surface area contributed by atoms with Crippen molar-refractivity contribution >= 4 is 17.5 Å². The molecule has 1 aliphatic rings. The molecular weight excluding hydrogens is 379 g/mol. The van der Waals surface area contributed by atoms with E-state index in [2.05, 4.69) is 25.7 Å². The van der Waals surface area contributed by atoms with Crippen molar-refractivity contribution in [3.05, 3.63) is 24.4 Å². The fraction of sp³-hybridized carbons (Fsp3) is 0.579. The summed E-state index contributed by atoms with van der Waals surface area (Å²) in [5.74, 6) is -0.125. The third kappa shape index (κ3) is 6.38. The van der Waals surface area contributed by atoms with Gasteiger partial charge < -0.3 is 20.1 Å². The lowest BCUT2D eigenvalue weighted by Crippen LogP contribution is -2.37. The number of carbonyl (C=O) groups excluding carboxylic acids is 1. The first-order valence-electron chi connectivity index (χ1n) is 9.74. The largest absolute Gasteiger partial charge is 0.475 e. The zero-order chi connectivity index (χ0) is 20.6. The Labute approximate surface area is 169 Å². The van der Waals surface area contributed by atoms with E-state index in [9.17, 15) is 9.18 Å². The van der Waals surface area contributed by atoms with Crippen LogP contribution in [0.25, 0.3) is 0 Å². The highest BCUT2D eigenvalue weighted by molar-refractivity contribution is 5.73. The average molecular weight is 406 g/mol. The molecule has 2 heterocycles. The van der Waals surface area contributed by atoms with Gasteiger partial charge in [0.25, 0.3) is 5.88 Å². The van der Waals surface area contributed by atoms with Crippen molar-refractivity contribution in [3.63, 3.8) is 0 Å². The number of hydrogen-bond acceptors (Lipinski definition) is 7. The van der Waals surface area contributed by atoms with Crippen LogP contribution in [0.1, 0.15) is 32.6 Å². The minimum absolute atomic E-state index is 0.00275. The molecule has 0 aromatic carbocycles. The summed E-state index contributed by atoms with van der Waals surface area (Å²) in [4.78, 5) is 19.2. The van der Waals surface area contributed by atoms with Crippen LogP contribution in [0.5, 0.6) is 5.88 Å². The van der Waals surface area contributed by atoms with Crippen molar-refractivity contribution < 1.29 is 18.7 Å². The molecule has 3 rings (SSSR count). The highest BCUT2D eigenvalue weighted by atomic mass is 19.1. The second-order valence-electron chi connectivity index (χ2n) is 7.19. The standard InChI is InChI=1S/C19H27FN6O3/c1-13(27)23-15-5-3-14(4-6-15)12-29-18-17(20)10-21-19(25-18)24-16-9-22-26(11-16)7-8-28-2/h9-11,14-15H,3-8,12H2,1-2H3,(H,23,27)(H,21,24,25). The Morgan fingerprint density at radius 1 is 1.31 bits per heavy atom. The highest BCUT2D eigenvalue weighted by Gasteiger charge is 2.22. The van der Waals surface area contributed by atoms with Gasteiger partial charge in [0.05, 0.1) is 37.8 Å². The van der Waals surface area contributed by atoms with Crippen LogP contribution < -0.4 is 15.4 Å². The topological polar surface area (TPSA) is 103 Å². The van der Waals surface area contributed by atoms with Gasteiger partial charge in [-0.05, 0) is 31.6 Å². The summed E-state index contributed by atoms with van der Waals surface area (Å²) >= 11 is 0. The van der Waals surface area contributed by atoms with Crippen molar-refractivity contribution in [2.75, 3.05) is 25.6 Å². The number of ether oxygens (including phenoxy) is 2. The van der Waals surface area contributed by atoms with Crippen LogP contribution >= 0.6 is 0 Å². The zero-order valence-corrected chi connectivity index (χ0v) is 16.7. The van der Waals surface area contributed by atoms with Gasteiger partial charge in [-0.3, -0.25) is 9.48 Å². The second-order valence-corrected chi connectivity index (χ2v) is 7.19. The van der Waals surface area contributed by atoms with E-state index in [1.54, 1.807) is 24.2 Å². The summed E-state index contributed by atoms with van der Waals surface area (Å²) in [6.07, 6.45) is 8.16. The Hall–Kier alpha value is -2.75. The molecule has 1 aliphatic carbocycles. The van der Waals surface area contributed by atoms with Crippen LogP contribution in [0.4, 0.5) is 16.0 Å². The van der Waals surface area contributed by atoms with E-state index in [-0.39, 0.29) is 23.8 Å². The molecule has 1 saturated carbocycles. The Morgan fingerprint density at radius 3 is 2.83 bits per heavy atom. The SMILES string of the molecule is COCCn1cc(Nc2ncc(F)c(OCC3CCC(NC(C)=O)CC3)n2)cn1. The summed E-state index contributed by atoms with van der Waals surface area (Å²) in [6.45, 7) is 3.10. The zero-order valence-electron chi connectivity index (χ0n) is 16.7. The van der Waals surface area contributed by atoms with Gasteiger partial charge in [-0.25, -0.2) is 4.98 Å². The number of aromatic nitrogens is 4. The van der Waals surface area contributed by atoms with E-state index in [1.807, 2.05) is 0 Å². The average Bonchev–Trinajstić information content (AvgIpc) is 3.14. The molecule has 0 aliphatic heterocycles. The van der Waals surface area contributed by atoms with Gasteiger partial charge in [-0.1, -0.05) is 0 Å². The second kappa shape index (κ2) is 10.1. The number of rotatable bonds is 9. The molecule has 0 radical (unpaired) electrons. The smallest absolute Gasteiger partial charge is 0.255 e. The van der Waals surface area contributed by atoms with Crippen molar-refractivity contribution in [3.8, 4) is 5.88 Å². The van der Waals surface area contributed by atoms with Gasteiger partial charge in [-0.2, -0.15) is 14.5 Å². The Bertz CT molecular complexity index is 807.